The van der Waals surface area contributed by atoms with Gasteiger partial charge in [0, 0.05) is 18.8 Å². The van der Waals surface area contributed by atoms with Gasteiger partial charge in [0.15, 0.2) is 5.69 Å². The molecule has 2 heterocycles. The van der Waals surface area contributed by atoms with Crippen molar-refractivity contribution in [3.8, 4) is 0 Å². The van der Waals surface area contributed by atoms with Gasteiger partial charge in [0.1, 0.15) is 0 Å². The normalized spacial score (nSPS) is 15.3. The molecule has 2 aromatic heterocycles. The van der Waals surface area contributed by atoms with Crippen LogP contribution in [0.5, 0.6) is 0 Å². The van der Waals surface area contributed by atoms with Crippen molar-refractivity contribution in [1.82, 2.24) is 20.0 Å². The predicted octanol–water partition coefficient (Wildman–Crippen LogP) is 3.17. The average molecular weight is 356 g/mol. The van der Waals surface area contributed by atoms with Crippen molar-refractivity contribution in [2.75, 3.05) is 6.54 Å². The maximum absolute atomic E-state index is 12.7. The molecule has 2 amide bonds. The molecule has 0 bridgehead atoms. The van der Waals surface area contributed by atoms with E-state index in [1.165, 1.54) is 6.42 Å². The number of hydrogen-bond acceptors (Lipinski definition) is 3. The molecule has 6 heteroatoms. The van der Waals surface area contributed by atoms with Gasteiger partial charge in [-0.25, -0.2) is 4.98 Å². The van der Waals surface area contributed by atoms with E-state index in [2.05, 4.69) is 29.5 Å². The van der Waals surface area contributed by atoms with Gasteiger partial charge >= 0.3 is 0 Å². The monoisotopic (exact) mass is 356 g/mol. The lowest BCUT2D eigenvalue weighted by Gasteiger charge is -2.22. The van der Waals surface area contributed by atoms with Crippen LogP contribution in [-0.2, 0) is 0 Å². The third-order valence-corrected chi connectivity index (χ3v) is 4.91. The molecular weight excluding hydrogens is 328 g/mol. The van der Waals surface area contributed by atoms with Crippen molar-refractivity contribution < 1.29 is 9.59 Å². The molecule has 0 spiro atoms. The molecule has 6 nitrogen and oxygen atoms in total. The topological polar surface area (TPSA) is 75.5 Å². The molecule has 3 rings (SSSR count). The highest BCUT2D eigenvalue weighted by atomic mass is 16.2. The molecule has 0 unspecified atom stereocenters. The molecule has 1 fully saturated rings. The highest BCUT2D eigenvalue weighted by Crippen LogP contribution is 2.19. The highest BCUT2D eigenvalue weighted by molar-refractivity contribution is 6.02. The summed E-state index contributed by atoms with van der Waals surface area (Å²) < 4.78 is 1.69. The number of imidazole rings is 1. The summed E-state index contributed by atoms with van der Waals surface area (Å²) in [5.41, 5.74) is 0.986. The van der Waals surface area contributed by atoms with E-state index >= 15 is 0 Å². The Bertz CT molecular complexity index is 775. The number of aromatic nitrogens is 2. The SMILES string of the molecule is CC(C)CCNC(=O)c1nc(C(=O)NC2CCCCC2)c2ccccn12. The molecule has 0 aliphatic heterocycles. The number of fused-ring (bicyclic) bond motifs is 1. The van der Waals surface area contributed by atoms with E-state index in [-0.39, 0.29) is 23.7 Å². The highest BCUT2D eigenvalue weighted by Gasteiger charge is 2.23. The van der Waals surface area contributed by atoms with Gasteiger partial charge in [-0.15, -0.1) is 0 Å². The maximum Gasteiger partial charge on any atom is 0.287 e. The quantitative estimate of drug-likeness (QED) is 0.835. The standard InChI is InChI=1S/C20H28N4O2/c1-14(2)11-12-21-20(26)18-23-17(16-10-6-7-13-24(16)18)19(25)22-15-8-4-3-5-9-15/h6-7,10,13-15H,3-5,8-9,11-12H2,1-2H3,(H,21,26)(H,22,25). The van der Waals surface area contributed by atoms with E-state index in [4.69, 9.17) is 0 Å². The van der Waals surface area contributed by atoms with E-state index in [0.717, 1.165) is 32.1 Å². The van der Waals surface area contributed by atoms with E-state index < -0.39 is 0 Å². The molecule has 0 atom stereocenters. The first-order valence-corrected chi connectivity index (χ1v) is 9.62. The van der Waals surface area contributed by atoms with Crippen LogP contribution >= 0.6 is 0 Å². The summed E-state index contributed by atoms with van der Waals surface area (Å²) in [5.74, 6) is 0.340. The first-order chi connectivity index (χ1) is 12.6. The van der Waals surface area contributed by atoms with Gasteiger partial charge in [0.2, 0.25) is 5.82 Å². The zero-order valence-corrected chi connectivity index (χ0v) is 15.6. The second-order valence-electron chi connectivity index (χ2n) is 7.49. The minimum absolute atomic E-state index is 0.193. The number of carbonyl (C=O) groups excluding carboxylic acids is 2. The van der Waals surface area contributed by atoms with Gasteiger partial charge in [-0.05, 0) is 37.3 Å². The molecule has 0 radical (unpaired) electrons. The third kappa shape index (κ3) is 4.23. The number of hydrogen-bond donors (Lipinski definition) is 2. The number of pyridine rings is 1. The van der Waals surface area contributed by atoms with Gasteiger partial charge in [-0.3, -0.25) is 14.0 Å². The summed E-state index contributed by atoms with van der Waals surface area (Å²) >= 11 is 0. The Morgan fingerprint density at radius 3 is 2.69 bits per heavy atom. The minimum Gasteiger partial charge on any atom is -0.349 e. The Balaban J connectivity index is 1.80. The van der Waals surface area contributed by atoms with Crippen LogP contribution in [0.15, 0.2) is 24.4 Å². The van der Waals surface area contributed by atoms with Gasteiger partial charge in [-0.2, -0.15) is 0 Å². The fourth-order valence-electron chi connectivity index (χ4n) is 3.42. The molecule has 140 valence electrons. The summed E-state index contributed by atoms with van der Waals surface area (Å²) in [5, 5.41) is 5.99. The first-order valence-electron chi connectivity index (χ1n) is 9.62. The molecule has 26 heavy (non-hydrogen) atoms. The summed E-state index contributed by atoms with van der Waals surface area (Å²) in [4.78, 5) is 29.7. The number of nitrogens with one attached hydrogen (secondary N) is 2. The van der Waals surface area contributed by atoms with Gasteiger partial charge in [-0.1, -0.05) is 39.2 Å². The second-order valence-corrected chi connectivity index (χ2v) is 7.49. The van der Waals surface area contributed by atoms with Crippen molar-refractivity contribution in [1.29, 1.82) is 0 Å². The number of rotatable bonds is 6. The largest absolute Gasteiger partial charge is 0.349 e. The molecule has 2 aromatic rings. The molecule has 0 saturated heterocycles. The van der Waals surface area contributed by atoms with E-state index in [1.54, 1.807) is 10.6 Å². The predicted molar refractivity (Wildman–Crippen MR) is 101 cm³/mol. The smallest absolute Gasteiger partial charge is 0.287 e. The Hall–Kier alpha value is -2.37. The average Bonchev–Trinajstić information content (AvgIpc) is 3.02. The Morgan fingerprint density at radius 1 is 1.19 bits per heavy atom. The van der Waals surface area contributed by atoms with Crippen LogP contribution in [0, 0.1) is 5.92 Å². The second kappa shape index (κ2) is 8.34. The zero-order valence-electron chi connectivity index (χ0n) is 15.6. The van der Waals surface area contributed by atoms with Crippen LogP contribution in [0.2, 0.25) is 0 Å². The minimum atomic E-state index is -0.247. The fraction of sp³-hybridized carbons (Fsp3) is 0.550. The number of amides is 2. The summed E-state index contributed by atoms with van der Waals surface area (Å²) in [6, 6.07) is 5.73. The number of carbonyl (C=O) groups is 2. The molecule has 1 saturated carbocycles. The van der Waals surface area contributed by atoms with Crippen molar-refractivity contribution >= 4 is 17.3 Å². The van der Waals surface area contributed by atoms with Gasteiger partial charge in [0.05, 0.1) is 5.52 Å². The van der Waals surface area contributed by atoms with Gasteiger partial charge < -0.3 is 10.6 Å². The zero-order chi connectivity index (χ0) is 18.5. The van der Waals surface area contributed by atoms with E-state index in [9.17, 15) is 9.59 Å². The van der Waals surface area contributed by atoms with Crippen LogP contribution in [0.4, 0.5) is 0 Å². The third-order valence-electron chi connectivity index (χ3n) is 4.91. The van der Waals surface area contributed by atoms with Crippen molar-refractivity contribution in [3.05, 3.63) is 35.9 Å². The van der Waals surface area contributed by atoms with Crippen LogP contribution < -0.4 is 10.6 Å². The Morgan fingerprint density at radius 2 is 1.96 bits per heavy atom. The lowest BCUT2D eigenvalue weighted by atomic mass is 9.95. The Labute approximate surface area is 154 Å². The first kappa shape index (κ1) is 18.4. The Kier molecular flexibility index (Phi) is 5.91. The molecule has 1 aliphatic carbocycles. The molecular formula is C20H28N4O2. The fourth-order valence-corrected chi connectivity index (χ4v) is 3.42. The van der Waals surface area contributed by atoms with Crippen LogP contribution in [0.25, 0.3) is 5.52 Å². The van der Waals surface area contributed by atoms with Gasteiger partial charge in [0.25, 0.3) is 11.8 Å². The molecule has 2 N–H and O–H groups in total. The van der Waals surface area contributed by atoms with E-state index in [1.807, 2.05) is 18.2 Å². The van der Waals surface area contributed by atoms with Crippen LogP contribution in [-0.4, -0.2) is 33.8 Å². The van der Waals surface area contributed by atoms with Crippen LogP contribution in [0.1, 0.15) is 73.5 Å². The summed E-state index contributed by atoms with van der Waals surface area (Å²) in [7, 11) is 0. The summed E-state index contributed by atoms with van der Waals surface area (Å²) in [6.45, 7) is 4.83. The lowest BCUT2D eigenvalue weighted by Crippen LogP contribution is -2.36. The van der Waals surface area contributed by atoms with Crippen molar-refractivity contribution in [2.24, 2.45) is 5.92 Å². The number of nitrogens with zero attached hydrogens (tertiary/aromatic N) is 2. The molecule has 0 aromatic carbocycles. The lowest BCUT2D eigenvalue weighted by molar-refractivity contribution is 0.0925. The van der Waals surface area contributed by atoms with Crippen molar-refractivity contribution in [3.63, 3.8) is 0 Å². The van der Waals surface area contributed by atoms with Crippen LogP contribution in [0.3, 0.4) is 0 Å². The molecule has 1 aliphatic rings. The summed E-state index contributed by atoms with van der Waals surface area (Å²) in [6.07, 6.45) is 8.25. The van der Waals surface area contributed by atoms with E-state index in [0.29, 0.717) is 23.7 Å². The maximum atomic E-state index is 12.7. The van der Waals surface area contributed by atoms with Crippen molar-refractivity contribution in [2.45, 2.75) is 58.4 Å².